The van der Waals surface area contributed by atoms with Crippen molar-refractivity contribution in [3.8, 4) is 11.5 Å². The molecule has 1 aliphatic carbocycles. The molecule has 0 aliphatic heterocycles. The minimum Gasteiger partial charge on any atom is -0.504 e. The van der Waals surface area contributed by atoms with Crippen LogP contribution in [-0.4, -0.2) is 30.5 Å². The lowest BCUT2D eigenvalue weighted by molar-refractivity contribution is 0.102. The number of hydrogen-bond acceptors (Lipinski definition) is 6. The quantitative estimate of drug-likeness (QED) is 0.430. The monoisotopic (exact) mass is 455 g/mol. The number of aromatic nitrogens is 4. The first-order valence-electron chi connectivity index (χ1n) is 11.3. The maximum Gasteiger partial charge on any atom is 0.275 e. The maximum atomic E-state index is 13.0. The number of phenols is 1. The molecule has 2 aromatic heterocycles. The summed E-state index contributed by atoms with van der Waals surface area (Å²) in [5.41, 5.74) is 3.65. The Balaban J connectivity index is 1.55. The number of aryl methyl sites for hydroxylation is 1. The highest BCUT2D eigenvalue weighted by Gasteiger charge is 2.26. The molecule has 1 amide bonds. The summed E-state index contributed by atoms with van der Waals surface area (Å²) in [6.07, 6.45) is 13.0. The molecule has 2 N–H and O–H groups in total. The smallest absolute Gasteiger partial charge is 0.275 e. The minimum absolute atomic E-state index is 0.00154. The SMILES string of the molecule is O=C(Nc1c2c(cc(O)c1O[C@H](Cn1ccnc1)c1ccccc1)CCCC2)c1cnccn1. The zero-order chi connectivity index (χ0) is 23.3. The molecule has 8 nitrogen and oxygen atoms in total. The number of phenolic OH excluding ortho intramolecular Hbond substituents is 1. The Morgan fingerprint density at radius 3 is 2.74 bits per heavy atom. The van der Waals surface area contributed by atoms with Crippen LogP contribution in [0, 0.1) is 0 Å². The number of amides is 1. The van der Waals surface area contributed by atoms with Gasteiger partial charge in [-0.15, -0.1) is 0 Å². The Kier molecular flexibility index (Phi) is 6.20. The van der Waals surface area contributed by atoms with E-state index in [4.69, 9.17) is 4.74 Å². The summed E-state index contributed by atoms with van der Waals surface area (Å²) in [6, 6.07) is 11.6. The van der Waals surface area contributed by atoms with Crippen LogP contribution in [0.4, 0.5) is 5.69 Å². The fourth-order valence-electron chi connectivity index (χ4n) is 4.32. The number of fused-ring (bicyclic) bond motifs is 1. The van der Waals surface area contributed by atoms with Crippen LogP contribution >= 0.6 is 0 Å². The van der Waals surface area contributed by atoms with Crippen molar-refractivity contribution in [2.24, 2.45) is 0 Å². The predicted octanol–water partition coefficient (Wildman–Crippen LogP) is 4.33. The van der Waals surface area contributed by atoms with Gasteiger partial charge in [0.1, 0.15) is 11.8 Å². The lowest BCUT2D eigenvalue weighted by Gasteiger charge is -2.27. The van der Waals surface area contributed by atoms with Crippen molar-refractivity contribution in [1.29, 1.82) is 0 Å². The second-order valence-electron chi connectivity index (χ2n) is 8.27. The molecule has 4 aromatic rings. The highest BCUT2D eigenvalue weighted by atomic mass is 16.5. The van der Waals surface area contributed by atoms with Crippen LogP contribution in [0.3, 0.4) is 0 Å². The molecule has 0 radical (unpaired) electrons. The molecule has 2 aromatic carbocycles. The number of nitrogens with zero attached hydrogens (tertiary/aromatic N) is 4. The van der Waals surface area contributed by atoms with Crippen molar-refractivity contribution in [2.45, 2.75) is 38.3 Å². The van der Waals surface area contributed by atoms with Gasteiger partial charge in [0, 0.05) is 24.8 Å². The average Bonchev–Trinajstić information content (AvgIpc) is 3.39. The van der Waals surface area contributed by atoms with Crippen molar-refractivity contribution in [3.63, 3.8) is 0 Å². The van der Waals surface area contributed by atoms with Crippen LogP contribution < -0.4 is 10.1 Å². The molecule has 2 heterocycles. The lowest BCUT2D eigenvalue weighted by atomic mass is 9.89. The minimum atomic E-state index is -0.421. The van der Waals surface area contributed by atoms with Crippen LogP contribution in [-0.2, 0) is 19.4 Å². The fourth-order valence-corrected chi connectivity index (χ4v) is 4.32. The van der Waals surface area contributed by atoms with E-state index < -0.39 is 12.0 Å². The molecule has 0 saturated carbocycles. The summed E-state index contributed by atoms with van der Waals surface area (Å²) < 4.78 is 8.41. The van der Waals surface area contributed by atoms with Crippen molar-refractivity contribution >= 4 is 11.6 Å². The van der Waals surface area contributed by atoms with Gasteiger partial charge in [-0.2, -0.15) is 0 Å². The number of imidazole rings is 1. The third kappa shape index (κ3) is 4.61. The number of carbonyl (C=O) groups excluding carboxylic acids is 1. The summed E-state index contributed by atoms with van der Waals surface area (Å²) in [5, 5.41) is 14.0. The molecule has 0 fully saturated rings. The number of hydrogen-bond donors (Lipinski definition) is 2. The van der Waals surface area contributed by atoms with Crippen LogP contribution in [0.15, 0.2) is 73.7 Å². The molecule has 5 rings (SSSR count). The number of ether oxygens (including phenoxy) is 1. The Hall–Kier alpha value is -4.20. The summed E-state index contributed by atoms with van der Waals surface area (Å²) in [6.45, 7) is 0.484. The molecule has 0 unspecified atom stereocenters. The van der Waals surface area contributed by atoms with E-state index in [1.165, 1.54) is 18.6 Å². The molecular formula is C26H25N5O3. The normalized spacial score (nSPS) is 13.6. The summed E-state index contributed by atoms with van der Waals surface area (Å²) in [7, 11) is 0. The molecule has 1 atom stereocenters. The van der Waals surface area contributed by atoms with E-state index in [-0.39, 0.29) is 17.2 Å². The molecule has 34 heavy (non-hydrogen) atoms. The molecule has 8 heteroatoms. The van der Waals surface area contributed by atoms with Gasteiger partial charge in [-0.3, -0.25) is 9.78 Å². The third-order valence-corrected chi connectivity index (χ3v) is 5.98. The van der Waals surface area contributed by atoms with E-state index in [0.29, 0.717) is 12.2 Å². The molecule has 0 bridgehead atoms. The number of aromatic hydroxyl groups is 1. The molecule has 0 spiro atoms. The van der Waals surface area contributed by atoms with E-state index in [2.05, 4.69) is 20.3 Å². The van der Waals surface area contributed by atoms with Crippen molar-refractivity contribution in [2.75, 3.05) is 5.32 Å². The Morgan fingerprint density at radius 2 is 1.97 bits per heavy atom. The van der Waals surface area contributed by atoms with Gasteiger partial charge in [0.25, 0.3) is 5.91 Å². The van der Waals surface area contributed by atoms with Crippen molar-refractivity contribution in [1.82, 2.24) is 19.5 Å². The lowest BCUT2D eigenvalue weighted by Crippen LogP contribution is -2.20. The number of rotatable bonds is 7. The first-order valence-corrected chi connectivity index (χ1v) is 11.3. The number of nitrogens with one attached hydrogen (secondary N) is 1. The topological polar surface area (TPSA) is 102 Å². The van der Waals surface area contributed by atoms with Gasteiger partial charge in [0.2, 0.25) is 0 Å². The number of benzene rings is 2. The molecular weight excluding hydrogens is 430 g/mol. The Morgan fingerprint density at radius 1 is 1.12 bits per heavy atom. The van der Waals surface area contributed by atoms with Crippen molar-refractivity contribution in [3.05, 3.63) is 96.1 Å². The van der Waals surface area contributed by atoms with Crippen molar-refractivity contribution < 1.29 is 14.6 Å². The Labute approximate surface area is 197 Å². The first-order chi connectivity index (χ1) is 16.7. The van der Waals surface area contributed by atoms with Gasteiger partial charge >= 0.3 is 0 Å². The summed E-state index contributed by atoms with van der Waals surface area (Å²) in [5.74, 6) is -0.143. The van der Waals surface area contributed by atoms with E-state index in [1.807, 2.05) is 41.1 Å². The zero-order valence-electron chi connectivity index (χ0n) is 18.6. The Bertz CT molecular complexity index is 1260. The number of anilines is 1. The van der Waals surface area contributed by atoms with Gasteiger partial charge < -0.3 is 19.7 Å². The fraction of sp³-hybridized carbons (Fsp3) is 0.231. The van der Waals surface area contributed by atoms with E-state index >= 15 is 0 Å². The second-order valence-corrected chi connectivity index (χ2v) is 8.27. The summed E-state index contributed by atoms with van der Waals surface area (Å²) in [4.78, 5) is 25.2. The average molecular weight is 456 g/mol. The van der Waals surface area contributed by atoms with Gasteiger partial charge in [-0.25, -0.2) is 9.97 Å². The van der Waals surface area contributed by atoms with Gasteiger partial charge in [-0.05, 0) is 48.4 Å². The molecule has 0 saturated heterocycles. The van der Waals surface area contributed by atoms with Crippen LogP contribution in [0.5, 0.6) is 11.5 Å². The van der Waals surface area contributed by atoms with Crippen LogP contribution in [0.1, 0.15) is 46.1 Å². The van der Waals surface area contributed by atoms with E-state index in [0.717, 1.165) is 42.4 Å². The van der Waals surface area contributed by atoms with Crippen LogP contribution in [0.25, 0.3) is 0 Å². The highest BCUT2D eigenvalue weighted by Crippen LogP contribution is 2.44. The van der Waals surface area contributed by atoms with Gasteiger partial charge in [0.05, 0.1) is 24.8 Å². The predicted molar refractivity (Wildman–Crippen MR) is 127 cm³/mol. The zero-order valence-corrected chi connectivity index (χ0v) is 18.6. The third-order valence-electron chi connectivity index (χ3n) is 5.98. The van der Waals surface area contributed by atoms with E-state index in [9.17, 15) is 9.90 Å². The second kappa shape index (κ2) is 9.74. The van der Waals surface area contributed by atoms with Gasteiger partial charge in [-0.1, -0.05) is 30.3 Å². The highest BCUT2D eigenvalue weighted by molar-refractivity contribution is 6.04. The van der Waals surface area contributed by atoms with Crippen LogP contribution in [0.2, 0.25) is 0 Å². The maximum absolute atomic E-state index is 13.0. The molecule has 1 aliphatic rings. The summed E-state index contributed by atoms with van der Waals surface area (Å²) >= 11 is 0. The molecule has 172 valence electrons. The van der Waals surface area contributed by atoms with Gasteiger partial charge in [0.15, 0.2) is 11.5 Å². The number of carbonyl (C=O) groups is 1. The largest absolute Gasteiger partial charge is 0.504 e. The standard InChI is InChI=1S/C26H25N5O3/c32-22-14-19-8-4-5-9-20(19)24(30-26(33)21-15-27-10-11-29-21)25(22)34-23(16-31-13-12-28-17-31)18-6-2-1-3-7-18/h1-3,6-7,10-15,17,23,32H,4-5,8-9,16H2,(H,30,33)/t23-/m1/s1. The first kappa shape index (κ1) is 21.6. The van der Waals surface area contributed by atoms with E-state index in [1.54, 1.807) is 18.6 Å².